The van der Waals surface area contributed by atoms with Crippen LogP contribution in [0.2, 0.25) is 0 Å². The van der Waals surface area contributed by atoms with E-state index < -0.39 is 22.8 Å². The summed E-state index contributed by atoms with van der Waals surface area (Å²) in [4.78, 5) is 34.0. The Kier molecular flexibility index (Phi) is 5.15. The number of nitro benzene ring substituents is 1. The van der Waals surface area contributed by atoms with Crippen LogP contribution in [0.25, 0.3) is 0 Å². The standard InChI is InChI=1S/C12H15N3O5/c1-8(12(17)18)14(2)7-11(16)13-9-5-3-4-6-10(9)15(19)20/h3-6,8H,7H2,1-2H3,(H,13,16)(H,17,18). The van der Waals surface area contributed by atoms with Gasteiger partial charge in [0.15, 0.2) is 0 Å². The summed E-state index contributed by atoms with van der Waals surface area (Å²) in [5, 5.41) is 22.0. The van der Waals surface area contributed by atoms with Crippen molar-refractivity contribution in [1.82, 2.24) is 4.90 Å². The number of amides is 1. The highest BCUT2D eigenvalue weighted by atomic mass is 16.6. The second-order valence-corrected chi connectivity index (χ2v) is 4.25. The molecule has 0 radical (unpaired) electrons. The smallest absolute Gasteiger partial charge is 0.320 e. The van der Waals surface area contributed by atoms with Crippen LogP contribution in [0, 0.1) is 10.1 Å². The Morgan fingerprint density at radius 1 is 1.45 bits per heavy atom. The van der Waals surface area contributed by atoms with Crippen LogP contribution in [-0.4, -0.2) is 46.4 Å². The van der Waals surface area contributed by atoms with E-state index in [1.807, 2.05) is 0 Å². The van der Waals surface area contributed by atoms with Crippen LogP contribution in [-0.2, 0) is 9.59 Å². The van der Waals surface area contributed by atoms with E-state index in [1.165, 1.54) is 37.1 Å². The molecule has 0 saturated heterocycles. The lowest BCUT2D eigenvalue weighted by Crippen LogP contribution is -2.40. The first-order valence-electron chi connectivity index (χ1n) is 5.79. The van der Waals surface area contributed by atoms with Crippen molar-refractivity contribution >= 4 is 23.3 Å². The molecule has 1 unspecified atom stereocenters. The molecule has 20 heavy (non-hydrogen) atoms. The molecular formula is C12H15N3O5. The molecule has 1 rings (SSSR count). The maximum Gasteiger partial charge on any atom is 0.320 e. The van der Waals surface area contributed by atoms with Gasteiger partial charge in [0.1, 0.15) is 11.7 Å². The Balaban J connectivity index is 2.72. The zero-order valence-corrected chi connectivity index (χ0v) is 11.1. The van der Waals surface area contributed by atoms with Crippen molar-refractivity contribution < 1.29 is 19.6 Å². The first kappa shape index (κ1) is 15.6. The lowest BCUT2D eigenvalue weighted by molar-refractivity contribution is -0.383. The molecule has 0 saturated carbocycles. The minimum absolute atomic E-state index is 0.0823. The van der Waals surface area contributed by atoms with Gasteiger partial charge < -0.3 is 10.4 Å². The van der Waals surface area contributed by atoms with Crippen molar-refractivity contribution in [3.8, 4) is 0 Å². The highest BCUT2D eigenvalue weighted by molar-refractivity contribution is 5.94. The third kappa shape index (κ3) is 4.02. The van der Waals surface area contributed by atoms with Gasteiger partial charge in [0, 0.05) is 6.07 Å². The number of hydrogen-bond acceptors (Lipinski definition) is 5. The predicted molar refractivity (Wildman–Crippen MR) is 71.5 cm³/mol. The number of carbonyl (C=O) groups is 2. The average molecular weight is 281 g/mol. The third-order valence-corrected chi connectivity index (χ3v) is 2.79. The minimum Gasteiger partial charge on any atom is -0.480 e. The van der Waals surface area contributed by atoms with Crippen molar-refractivity contribution in [2.45, 2.75) is 13.0 Å². The van der Waals surface area contributed by atoms with Gasteiger partial charge in [0.25, 0.3) is 5.69 Å². The molecule has 1 atom stereocenters. The molecule has 0 aliphatic carbocycles. The molecule has 108 valence electrons. The van der Waals surface area contributed by atoms with Gasteiger partial charge in [-0.05, 0) is 20.0 Å². The van der Waals surface area contributed by atoms with Crippen LogP contribution in [0.15, 0.2) is 24.3 Å². The molecule has 0 aliphatic rings. The van der Waals surface area contributed by atoms with E-state index in [-0.39, 0.29) is 17.9 Å². The SMILES string of the molecule is CC(C(=O)O)N(C)CC(=O)Nc1ccccc1[N+](=O)[O-]. The molecule has 1 aromatic carbocycles. The summed E-state index contributed by atoms with van der Waals surface area (Å²) in [7, 11) is 1.48. The molecule has 8 nitrogen and oxygen atoms in total. The van der Waals surface area contributed by atoms with Crippen LogP contribution in [0.4, 0.5) is 11.4 Å². The number of nitrogens with one attached hydrogen (secondary N) is 1. The number of carboxylic acid groups (broad SMARTS) is 1. The molecule has 1 aromatic rings. The number of aliphatic carboxylic acids is 1. The number of para-hydroxylation sites is 2. The van der Waals surface area contributed by atoms with E-state index in [0.29, 0.717) is 0 Å². The van der Waals surface area contributed by atoms with Crippen molar-refractivity contribution in [2.24, 2.45) is 0 Å². The van der Waals surface area contributed by atoms with E-state index in [4.69, 9.17) is 5.11 Å². The number of likely N-dealkylation sites (N-methyl/N-ethyl adjacent to an activating group) is 1. The van der Waals surface area contributed by atoms with Crippen molar-refractivity contribution in [1.29, 1.82) is 0 Å². The Hall–Kier alpha value is -2.48. The summed E-state index contributed by atoms with van der Waals surface area (Å²) < 4.78 is 0. The van der Waals surface area contributed by atoms with Crippen LogP contribution in [0.5, 0.6) is 0 Å². The largest absolute Gasteiger partial charge is 0.480 e. The van der Waals surface area contributed by atoms with E-state index in [2.05, 4.69) is 5.32 Å². The summed E-state index contributed by atoms with van der Waals surface area (Å²) in [6.45, 7) is 1.26. The molecule has 0 aliphatic heterocycles. The maximum absolute atomic E-state index is 11.8. The fourth-order valence-corrected chi connectivity index (χ4v) is 1.48. The number of benzene rings is 1. The molecule has 0 fully saturated rings. The second kappa shape index (κ2) is 6.62. The molecule has 0 heterocycles. The zero-order valence-electron chi connectivity index (χ0n) is 11.1. The van der Waals surface area contributed by atoms with Crippen LogP contribution >= 0.6 is 0 Å². The lowest BCUT2D eigenvalue weighted by Gasteiger charge is -2.20. The second-order valence-electron chi connectivity index (χ2n) is 4.25. The number of rotatable bonds is 6. The fraction of sp³-hybridized carbons (Fsp3) is 0.333. The monoisotopic (exact) mass is 281 g/mol. The Bertz CT molecular complexity index is 532. The van der Waals surface area contributed by atoms with E-state index in [9.17, 15) is 19.7 Å². The van der Waals surface area contributed by atoms with Crippen LogP contribution in [0.1, 0.15) is 6.92 Å². The van der Waals surface area contributed by atoms with Crippen molar-refractivity contribution in [2.75, 3.05) is 18.9 Å². The number of carboxylic acids is 1. The van der Waals surface area contributed by atoms with Gasteiger partial charge >= 0.3 is 5.97 Å². The normalized spacial score (nSPS) is 11.9. The molecule has 8 heteroatoms. The molecule has 0 aromatic heterocycles. The first-order chi connectivity index (χ1) is 9.32. The number of hydrogen-bond donors (Lipinski definition) is 2. The van der Waals surface area contributed by atoms with E-state index >= 15 is 0 Å². The lowest BCUT2D eigenvalue weighted by atomic mass is 10.2. The Morgan fingerprint density at radius 3 is 2.60 bits per heavy atom. The highest BCUT2D eigenvalue weighted by Gasteiger charge is 2.20. The summed E-state index contributed by atoms with van der Waals surface area (Å²) in [6, 6.07) is 4.92. The molecule has 0 spiro atoms. The Labute approximate surface area is 115 Å². The maximum atomic E-state index is 11.8. The molecule has 1 amide bonds. The number of nitro groups is 1. The minimum atomic E-state index is -1.05. The van der Waals surface area contributed by atoms with Crippen LogP contribution < -0.4 is 5.32 Å². The quantitative estimate of drug-likeness (QED) is 0.592. The van der Waals surface area contributed by atoms with Gasteiger partial charge in [-0.25, -0.2) is 0 Å². The summed E-state index contributed by atoms with van der Waals surface area (Å²) in [5.74, 6) is -1.57. The van der Waals surface area contributed by atoms with Gasteiger partial charge in [-0.2, -0.15) is 0 Å². The number of anilines is 1. The van der Waals surface area contributed by atoms with Gasteiger partial charge in [-0.3, -0.25) is 24.6 Å². The van der Waals surface area contributed by atoms with Gasteiger partial charge in [-0.15, -0.1) is 0 Å². The average Bonchev–Trinajstić information content (AvgIpc) is 2.37. The third-order valence-electron chi connectivity index (χ3n) is 2.79. The summed E-state index contributed by atoms with van der Waals surface area (Å²) in [6.07, 6.45) is 0. The predicted octanol–water partition coefficient (Wildman–Crippen LogP) is 0.938. The first-order valence-corrected chi connectivity index (χ1v) is 5.79. The van der Waals surface area contributed by atoms with Crippen molar-refractivity contribution in [3.05, 3.63) is 34.4 Å². The molecular weight excluding hydrogens is 266 g/mol. The number of carbonyl (C=O) groups excluding carboxylic acids is 1. The summed E-state index contributed by atoms with van der Waals surface area (Å²) >= 11 is 0. The Morgan fingerprint density at radius 2 is 2.05 bits per heavy atom. The summed E-state index contributed by atoms with van der Waals surface area (Å²) in [5.41, 5.74) is -0.131. The zero-order chi connectivity index (χ0) is 15.3. The van der Waals surface area contributed by atoms with Crippen LogP contribution in [0.3, 0.4) is 0 Å². The van der Waals surface area contributed by atoms with Gasteiger partial charge in [0.2, 0.25) is 5.91 Å². The number of nitrogens with zero attached hydrogens (tertiary/aromatic N) is 2. The molecule has 0 bridgehead atoms. The van der Waals surface area contributed by atoms with Gasteiger partial charge in [0.05, 0.1) is 11.5 Å². The van der Waals surface area contributed by atoms with E-state index in [1.54, 1.807) is 6.07 Å². The highest BCUT2D eigenvalue weighted by Crippen LogP contribution is 2.22. The topological polar surface area (TPSA) is 113 Å². The molecule has 2 N–H and O–H groups in total. The fourth-order valence-electron chi connectivity index (χ4n) is 1.48. The van der Waals surface area contributed by atoms with E-state index in [0.717, 1.165) is 0 Å². The van der Waals surface area contributed by atoms with Gasteiger partial charge in [-0.1, -0.05) is 12.1 Å². The van der Waals surface area contributed by atoms with Crippen molar-refractivity contribution in [3.63, 3.8) is 0 Å².